The van der Waals surface area contributed by atoms with E-state index in [2.05, 4.69) is 23.8 Å². The van der Waals surface area contributed by atoms with E-state index in [1.165, 1.54) is 64.2 Å². The van der Waals surface area contributed by atoms with Gasteiger partial charge in [-0.15, -0.1) is 0 Å². The number of benzene rings is 1. The molecule has 166 valence electrons. The van der Waals surface area contributed by atoms with Crippen molar-refractivity contribution >= 4 is 0 Å². The summed E-state index contributed by atoms with van der Waals surface area (Å²) in [6.07, 6.45) is 18.8. The first-order valence-corrected chi connectivity index (χ1v) is 12.0. The number of rotatable bonds is 17. The van der Waals surface area contributed by atoms with Crippen LogP contribution in [0.2, 0.25) is 0 Å². The normalized spacial score (nSPS) is 10.9. The molecule has 0 amide bonds. The summed E-state index contributed by atoms with van der Waals surface area (Å²) in [7, 11) is 0. The maximum Gasteiger partial charge on any atom is 0.159 e. The summed E-state index contributed by atoms with van der Waals surface area (Å²) < 4.78 is 11.6. The van der Waals surface area contributed by atoms with Gasteiger partial charge in [0.2, 0.25) is 0 Å². The van der Waals surface area contributed by atoms with E-state index < -0.39 is 0 Å². The van der Waals surface area contributed by atoms with Crippen LogP contribution in [-0.4, -0.2) is 23.2 Å². The van der Waals surface area contributed by atoms with Gasteiger partial charge in [0, 0.05) is 5.56 Å². The summed E-state index contributed by atoms with van der Waals surface area (Å²) >= 11 is 0. The highest BCUT2D eigenvalue weighted by atomic mass is 16.5. The molecule has 4 nitrogen and oxygen atoms in total. The molecule has 0 aliphatic heterocycles. The van der Waals surface area contributed by atoms with Crippen LogP contribution in [0.5, 0.6) is 11.5 Å². The van der Waals surface area contributed by atoms with Gasteiger partial charge in [0.25, 0.3) is 0 Å². The van der Waals surface area contributed by atoms with Crippen LogP contribution in [0.4, 0.5) is 0 Å². The van der Waals surface area contributed by atoms with E-state index in [0.717, 1.165) is 43.1 Å². The van der Waals surface area contributed by atoms with Gasteiger partial charge < -0.3 is 9.47 Å². The lowest BCUT2D eigenvalue weighted by Crippen LogP contribution is -1.99. The van der Waals surface area contributed by atoms with Gasteiger partial charge >= 0.3 is 0 Å². The first kappa shape index (κ1) is 24.2. The molecule has 1 heterocycles. The third-order valence-corrected chi connectivity index (χ3v) is 5.27. The summed E-state index contributed by atoms with van der Waals surface area (Å²) in [6, 6.07) is 8.04. The van der Waals surface area contributed by atoms with Gasteiger partial charge in [-0.3, -0.25) is 0 Å². The summed E-state index contributed by atoms with van der Waals surface area (Å²) in [5.41, 5.74) is 0.990. The minimum atomic E-state index is 0.712. The van der Waals surface area contributed by atoms with Crippen molar-refractivity contribution in [3.05, 3.63) is 36.7 Å². The van der Waals surface area contributed by atoms with Gasteiger partial charge in [0.1, 0.15) is 5.75 Å². The SMILES string of the molecule is CCCCCCCCCOc1ccc(-c2ncc(OCCCCCCC)cn2)cc1. The monoisotopic (exact) mass is 412 g/mol. The lowest BCUT2D eigenvalue weighted by Gasteiger charge is -2.08. The number of aromatic nitrogens is 2. The molecule has 1 aromatic heterocycles. The van der Waals surface area contributed by atoms with Crippen molar-refractivity contribution in [1.82, 2.24) is 9.97 Å². The summed E-state index contributed by atoms with van der Waals surface area (Å²) in [6.45, 7) is 6.00. The van der Waals surface area contributed by atoms with E-state index in [1.807, 2.05) is 24.3 Å². The second kappa shape index (κ2) is 15.7. The Bertz CT molecular complexity index is 656. The van der Waals surface area contributed by atoms with Gasteiger partial charge in [-0.25, -0.2) is 9.97 Å². The average Bonchev–Trinajstić information content (AvgIpc) is 2.79. The Morgan fingerprint density at radius 2 is 1.03 bits per heavy atom. The van der Waals surface area contributed by atoms with Crippen LogP contribution in [0, 0.1) is 0 Å². The Balaban J connectivity index is 1.65. The molecule has 4 heteroatoms. The predicted octanol–water partition coefficient (Wildman–Crippen LogP) is 7.62. The maximum absolute atomic E-state index is 5.86. The molecule has 0 spiro atoms. The van der Waals surface area contributed by atoms with Crippen LogP contribution >= 0.6 is 0 Å². The molecule has 0 unspecified atom stereocenters. The van der Waals surface area contributed by atoms with E-state index in [4.69, 9.17) is 9.47 Å². The number of unbranched alkanes of at least 4 members (excludes halogenated alkanes) is 10. The minimum Gasteiger partial charge on any atom is -0.494 e. The molecule has 0 radical (unpaired) electrons. The van der Waals surface area contributed by atoms with E-state index in [0.29, 0.717) is 5.82 Å². The van der Waals surface area contributed by atoms with Gasteiger partial charge in [-0.1, -0.05) is 78.1 Å². The number of ether oxygens (including phenoxy) is 2. The van der Waals surface area contributed by atoms with Gasteiger partial charge in [-0.05, 0) is 37.1 Å². The molecule has 0 fully saturated rings. The summed E-state index contributed by atoms with van der Waals surface area (Å²) in [4.78, 5) is 8.89. The smallest absolute Gasteiger partial charge is 0.159 e. The van der Waals surface area contributed by atoms with Crippen molar-refractivity contribution in [2.24, 2.45) is 0 Å². The molecule has 0 N–H and O–H groups in total. The number of nitrogens with zero attached hydrogens (tertiary/aromatic N) is 2. The predicted molar refractivity (Wildman–Crippen MR) is 125 cm³/mol. The molecule has 0 bridgehead atoms. The summed E-state index contributed by atoms with van der Waals surface area (Å²) in [5, 5.41) is 0. The van der Waals surface area contributed by atoms with Crippen molar-refractivity contribution in [1.29, 1.82) is 0 Å². The van der Waals surface area contributed by atoms with E-state index in [9.17, 15) is 0 Å². The van der Waals surface area contributed by atoms with Crippen molar-refractivity contribution in [3.8, 4) is 22.9 Å². The Labute approximate surface area is 183 Å². The zero-order chi connectivity index (χ0) is 21.3. The van der Waals surface area contributed by atoms with Crippen molar-refractivity contribution in [3.63, 3.8) is 0 Å². The van der Waals surface area contributed by atoms with Crippen LogP contribution in [-0.2, 0) is 0 Å². The number of hydrogen-bond acceptors (Lipinski definition) is 4. The van der Waals surface area contributed by atoms with Crippen LogP contribution in [0.1, 0.15) is 90.9 Å². The molecule has 0 atom stereocenters. The molecular formula is C26H40N2O2. The first-order valence-electron chi connectivity index (χ1n) is 12.0. The van der Waals surface area contributed by atoms with Crippen LogP contribution in [0.15, 0.2) is 36.7 Å². The third-order valence-electron chi connectivity index (χ3n) is 5.27. The van der Waals surface area contributed by atoms with Crippen LogP contribution in [0.25, 0.3) is 11.4 Å². The quantitative estimate of drug-likeness (QED) is 0.251. The Morgan fingerprint density at radius 3 is 1.57 bits per heavy atom. The molecule has 0 saturated heterocycles. The lowest BCUT2D eigenvalue weighted by molar-refractivity contribution is 0.302. The molecule has 0 aliphatic rings. The highest BCUT2D eigenvalue weighted by Gasteiger charge is 2.03. The zero-order valence-corrected chi connectivity index (χ0v) is 19.1. The van der Waals surface area contributed by atoms with Gasteiger partial charge in [0.05, 0.1) is 25.6 Å². The molecule has 1 aromatic carbocycles. The van der Waals surface area contributed by atoms with E-state index in [-0.39, 0.29) is 0 Å². The second-order valence-corrected chi connectivity index (χ2v) is 8.00. The fraction of sp³-hybridized carbons (Fsp3) is 0.615. The van der Waals surface area contributed by atoms with E-state index >= 15 is 0 Å². The molecule has 0 saturated carbocycles. The fourth-order valence-electron chi connectivity index (χ4n) is 3.38. The fourth-order valence-corrected chi connectivity index (χ4v) is 3.38. The van der Waals surface area contributed by atoms with Crippen molar-refractivity contribution in [2.75, 3.05) is 13.2 Å². The minimum absolute atomic E-state index is 0.712. The lowest BCUT2D eigenvalue weighted by atomic mass is 10.1. The number of hydrogen-bond donors (Lipinski definition) is 0. The summed E-state index contributed by atoms with van der Waals surface area (Å²) in [5.74, 6) is 2.36. The first-order chi connectivity index (χ1) is 14.8. The maximum atomic E-state index is 5.86. The van der Waals surface area contributed by atoms with Gasteiger partial charge in [0.15, 0.2) is 11.6 Å². The zero-order valence-electron chi connectivity index (χ0n) is 19.1. The standard InChI is InChI=1S/C26H40N2O2/c1-3-5-7-9-10-12-14-19-29-24-17-15-23(16-18-24)26-27-21-25(22-28-26)30-20-13-11-8-6-4-2/h15-18,21-22H,3-14,19-20H2,1-2H3. The molecule has 0 aliphatic carbocycles. The van der Waals surface area contributed by atoms with Crippen molar-refractivity contribution < 1.29 is 9.47 Å². The molecule has 2 rings (SSSR count). The molecular weight excluding hydrogens is 372 g/mol. The van der Waals surface area contributed by atoms with Gasteiger partial charge in [-0.2, -0.15) is 0 Å². The highest BCUT2D eigenvalue weighted by Crippen LogP contribution is 2.21. The second-order valence-electron chi connectivity index (χ2n) is 8.00. The average molecular weight is 413 g/mol. The van der Waals surface area contributed by atoms with Crippen molar-refractivity contribution in [2.45, 2.75) is 90.9 Å². The van der Waals surface area contributed by atoms with E-state index in [1.54, 1.807) is 12.4 Å². The molecule has 30 heavy (non-hydrogen) atoms. The third kappa shape index (κ3) is 10.1. The topological polar surface area (TPSA) is 44.2 Å². The van der Waals surface area contributed by atoms with Crippen LogP contribution < -0.4 is 9.47 Å². The Hall–Kier alpha value is -2.10. The highest BCUT2D eigenvalue weighted by molar-refractivity contribution is 5.56. The Morgan fingerprint density at radius 1 is 0.567 bits per heavy atom. The largest absolute Gasteiger partial charge is 0.494 e. The Kier molecular flexibility index (Phi) is 12.7. The molecule has 2 aromatic rings. The van der Waals surface area contributed by atoms with Crippen LogP contribution in [0.3, 0.4) is 0 Å².